The van der Waals surface area contributed by atoms with E-state index in [0.717, 1.165) is 0 Å². The number of aliphatic carboxylic acids is 1. The van der Waals surface area contributed by atoms with Crippen molar-refractivity contribution in [3.8, 4) is 0 Å². The zero-order valence-electron chi connectivity index (χ0n) is 6.28. The summed E-state index contributed by atoms with van der Waals surface area (Å²) < 4.78 is 10.9. The number of carboxylic acid groups (broad SMARTS) is 1. The van der Waals surface area contributed by atoms with Crippen molar-refractivity contribution >= 4 is 13.3 Å². The molecule has 0 aliphatic carbocycles. The highest BCUT2D eigenvalue weighted by Crippen LogP contribution is 2.39. The Morgan fingerprint density at radius 3 is 2.55 bits per heavy atom. The summed E-state index contributed by atoms with van der Waals surface area (Å²) in [5.41, 5.74) is 0. The third-order valence-corrected chi connectivity index (χ3v) is 2.81. The number of nitrogens with one attached hydrogen (secondary N) is 1. The summed E-state index contributed by atoms with van der Waals surface area (Å²) in [6.07, 6.45) is -0.446. The Morgan fingerprint density at radius 2 is 2.18 bits per heavy atom. The number of hydrogen-bond acceptors (Lipinski definition) is 3. The SMILES string of the molecule is CNCP(=O)(O)CCC(=O)O. The van der Waals surface area contributed by atoms with Gasteiger partial charge in [0.05, 0.1) is 12.7 Å². The van der Waals surface area contributed by atoms with Crippen LogP contribution in [0.25, 0.3) is 0 Å². The minimum atomic E-state index is -3.24. The molecule has 6 heteroatoms. The predicted octanol–water partition coefficient (Wildman–Crippen LogP) is -0.0916. The molecular formula is C5H12NO4P. The highest BCUT2D eigenvalue weighted by atomic mass is 31.2. The molecular weight excluding hydrogens is 169 g/mol. The molecule has 0 saturated heterocycles. The first-order valence-corrected chi connectivity index (χ1v) is 5.18. The second kappa shape index (κ2) is 4.49. The lowest BCUT2D eigenvalue weighted by Crippen LogP contribution is -2.11. The number of carboxylic acids is 1. The number of rotatable bonds is 5. The zero-order chi connectivity index (χ0) is 8.91. The van der Waals surface area contributed by atoms with Crippen molar-refractivity contribution in [1.29, 1.82) is 0 Å². The largest absolute Gasteiger partial charge is 0.481 e. The lowest BCUT2D eigenvalue weighted by Gasteiger charge is -2.07. The molecule has 0 aliphatic heterocycles. The molecule has 0 radical (unpaired) electrons. The monoisotopic (exact) mass is 181 g/mol. The van der Waals surface area contributed by atoms with Crippen LogP contribution in [-0.4, -0.2) is 35.5 Å². The summed E-state index contributed by atoms with van der Waals surface area (Å²) in [4.78, 5) is 19.0. The first kappa shape index (κ1) is 10.6. The summed E-state index contributed by atoms with van der Waals surface area (Å²) >= 11 is 0. The van der Waals surface area contributed by atoms with E-state index >= 15 is 0 Å². The molecule has 0 fully saturated rings. The van der Waals surface area contributed by atoms with Gasteiger partial charge in [-0.3, -0.25) is 9.36 Å². The Balaban J connectivity index is 3.73. The second-order valence-corrected chi connectivity index (χ2v) is 4.68. The Labute approximate surface area is 64.9 Å². The average molecular weight is 181 g/mol. The van der Waals surface area contributed by atoms with E-state index in [1.165, 1.54) is 0 Å². The predicted molar refractivity (Wildman–Crippen MR) is 40.9 cm³/mol. The minimum Gasteiger partial charge on any atom is -0.481 e. The first-order valence-electron chi connectivity index (χ1n) is 3.15. The Kier molecular flexibility index (Phi) is 4.33. The summed E-state index contributed by atoms with van der Waals surface area (Å²) in [6.45, 7) is 0. The van der Waals surface area contributed by atoms with Gasteiger partial charge in [-0.25, -0.2) is 0 Å². The fourth-order valence-corrected chi connectivity index (χ4v) is 1.79. The van der Waals surface area contributed by atoms with E-state index in [-0.39, 0.29) is 18.9 Å². The van der Waals surface area contributed by atoms with Gasteiger partial charge in [0.2, 0.25) is 7.37 Å². The van der Waals surface area contributed by atoms with E-state index < -0.39 is 13.3 Å². The van der Waals surface area contributed by atoms with E-state index in [2.05, 4.69) is 5.32 Å². The van der Waals surface area contributed by atoms with Crippen molar-refractivity contribution in [2.45, 2.75) is 6.42 Å². The molecule has 5 nitrogen and oxygen atoms in total. The quantitative estimate of drug-likeness (QED) is 0.516. The van der Waals surface area contributed by atoms with E-state index in [1.807, 2.05) is 0 Å². The maximum Gasteiger partial charge on any atom is 0.303 e. The van der Waals surface area contributed by atoms with E-state index in [1.54, 1.807) is 7.05 Å². The molecule has 3 N–H and O–H groups in total. The average Bonchev–Trinajstić information content (AvgIpc) is 1.84. The fourth-order valence-electron chi connectivity index (χ4n) is 0.596. The van der Waals surface area contributed by atoms with Crippen LogP contribution in [0.5, 0.6) is 0 Å². The lowest BCUT2D eigenvalue weighted by atomic mass is 10.5. The van der Waals surface area contributed by atoms with Gasteiger partial charge in [-0.1, -0.05) is 0 Å². The topological polar surface area (TPSA) is 86.6 Å². The van der Waals surface area contributed by atoms with Crippen LogP contribution in [0.3, 0.4) is 0 Å². The van der Waals surface area contributed by atoms with Crippen LogP contribution in [0.15, 0.2) is 0 Å². The van der Waals surface area contributed by atoms with E-state index in [0.29, 0.717) is 0 Å². The molecule has 1 unspecified atom stereocenters. The molecule has 0 aliphatic rings. The van der Waals surface area contributed by atoms with Crippen molar-refractivity contribution in [2.75, 3.05) is 19.5 Å². The molecule has 0 aromatic rings. The molecule has 11 heavy (non-hydrogen) atoms. The highest BCUT2D eigenvalue weighted by Gasteiger charge is 2.17. The summed E-state index contributed by atoms with van der Waals surface area (Å²) in [5.74, 6) is -1.05. The van der Waals surface area contributed by atoms with Gasteiger partial charge in [-0.15, -0.1) is 0 Å². The summed E-state index contributed by atoms with van der Waals surface area (Å²) in [5, 5.41) is 10.7. The highest BCUT2D eigenvalue weighted by molar-refractivity contribution is 7.57. The van der Waals surface area contributed by atoms with Gasteiger partial charge < -0.3 is 15.3 Å². The number of hydrogen-bond donors (Lipinski definition) is 3. The fraction of sp³-hybridized carbons (Fsp3) is 0.800. The Hall–Kier alpha value is -0.380. The number of carbonyl (C=O) groups is 1. The molecule has 0 saturated carbocycles. The van der Waals surface area contributed by atoms with Gasteiger partial charge in [-0.05, 0) is 7.05 Å². The molecule has 66 valence electrons. The standard InChI is InChI=1S/C5H12NO4P/c1-6-4-11(9,10)3-2-5(7)8/h6H,2-4H2,1H3,(H,7,8)(H,9,10). The molecule has 0 heterocycles. The molecule has 0 aromatic carbocycles. The second-order valence-electron chi connectivity index (χ2n) is 2.23. The Morgan fingerprint density at radius 1 is 1.64 bits per heavy atom. The third kappa shape index (κ3) is 6.04. The Bertz CT molecular complexity index is 181. The van der Waals surface area contributed by atoms with Gasteiger partial charge in [0, 0.05) is 6.16 Å². The van der Waals surface area contributed by atoms with Crippen molar-refractivity contribution in [3.05, 3.63) is 0 Å². The molecule has 1 atom stereocenters. The van der Waals surface area contributed by atoms with Gasteiger partial charge in [0.15, 0.2) is 0 Å². The molecule has 0 aromatic heterocycles. The molecule has 0 spiro atoms. The van der Waals surface area contributed by atoms with Crippen molar-refractivity contribution in [3.63, 3.8) is 0 Å². The minimum absolute atomic E-state index is 0.0275. The van der Waals surface area contributed by atoms with Crippen LogP contribution in [-0.2, 0) is 9.36 Å². The molecule has 0 bridgehead atoms. The van der Waals surface area contributed by atoms with Crippen molar-refractivity contribution < 1.29 is 19.4 Å². The zero-order valence-corrected chi connectivity index (χ0v) is 7.17. The van der Waals surface area contributed by atoms with Gasteiger partial charge in [0.1, 0.15) is 0 Å². The first-order chi connectivity index (χ1) is 4.98. The van der Waals surface area contributed by atoms with Crippen LogP contribution < -0.4 is 5.32 Å². The van der Waals surface area contributed by atoms with Crippen molar-refractivity contribution in [2.24, 2.45) is 0 Å². The maximum absolute atomic E-state index is 10.9. The van der Waals surface area contributed by atoms with E-state index in [4.69, 9.17) is 10.00 Å². The summed E-state index contributed by atoms with van der Waals surface area (Å²) in [7, 11) is -1.69. The molecule has 0 rings (SSSR count). The summed E-state index contributed by atoms with van der Waals surface area (Å²) in [6, 6.07) is 0. The van der Waals surface area contributed by atoms with Gasteiger partial charge >= 0.3 is 5.97 Å². The lowest BCUT2D eigenvalue weighted by molar-refractivity contribution is -0.136. The van der Waals surface area contributed by atoms with Crippen LogP contribution in [0.2, 0.25) is 0 Å². The third-order valence-electron chi connectivity index (χ3n) is 1.08. The van der Waals surface area contributed by atoms with Crippen LogP contribution in [0, 0.1) is 0 Å². The van der Waals surface area contributed by atoms with Crippen LogP contribution >= 0.6 is 7.37 Å². The van der Waals surface area contributed by atoms with E-state index in [9.17, 15) is 9.36 Å². The van der Waals surface area contributed by atoms with Crippen molar-refractivity contribution in [1.82, 2.24) is 5.32 Å². The maximum atomic E-state index is 10.9. The van der Waals surface area contributed by atoms with Gasteiger partial charge in [-0.2, -0.15) is 0 Å². The normalized spacial score (nSPS) is 15.8. The molecule has 0 amide bonds. The van der Waals surface area contributed by atoms with Crippen LogP contribution in [0.4, 0.5) is 0 Å². The van der Waals surface area contributed by atoms with Gasteiger partial charge in [0.25, 0.3) is 0 Å². The smallest absolute Gasteiger partial charge is 0.303 e. The van der Waals surface area contributed by atoms with Crippen LogP contribution in [0.1, 0.15) is 6.42 Å².